The lowest BCUT2D eigenvalue weighted by Gasteiger charge is -2.08. The van der Waals surface area contributed by atoms with Crippen molar-refractivity contribution >= 4 is 33.4 Å². The molecule has 0 atom stereocenters. The van der Waals surface area contributed by atoms with Gasteiger partial charge >= 0.3 is 0 Å². The summed E-state index contributed by atoms with van der Waals surface area (Å²) in [4.78, 5) is 8.61. The van der Waals surface area contributed by atoms with E-state index in [-0.39, 0.29) is 0 Å². The van der Waals surface area contributed by atoms with Crippen LogP contribution in [0.25, 0.3) is 0 Å². The Morgan fingerprint density at radius 3 is 2.83 bits per heavy atom. The molecule has 0 saturated carbocycles. The molecule has 0 spiro atoms. The normalized spacial score (nSPS) is 10.4. The molecule has 0 radical (unpaired) electrons. The molecule has 0 unspecified atom stereocenters. The molecule has 18 heavy (non-hydrogen) atoms. The minimum Gasteiger partial charge on any atom is -0.369 e. The van der Waals surface area contributed by atoms with Crippen molar-refractivity contribution in [2.75, 3.05) is 17.2 Å². The molecule has 7 heteroatoms. The Morgan fingerprint density at radius 1 is 1.44 bits per heavy atom. The fraction of sp³-hybridized carbons (Fsp3) is 0.364. The summed E-state index contributed by atoms with van der Waals surface area (Å²) in [5.74, 6) is 1.32. The summed E-state index contributed by atoms with van der Waals surface area (Å²) >= 11 is 3.40. The average molecular weight is 311 g/mol. The van der Waals surface area contributed by atoms with Gasteiger partial charge in [-0.05, 0) is 29.8 Å². The van der Waals surface area contributed by atoms with E-state index in [4.69, 9.17) is 0 Å². The predicted molar refractivity (Wildman–Crippen MR) is 75.1 cm³/mol. The molecule has 2 rings (SSSR count). The Labute approximate surface area is 114 Å². The molecule has 0 aliphatic heterocycles. The number of rotatable bonds is 4. The molecule has 2 N–H and O–H groups in total. The van der Waals surface area contributed by atoms with Crippen LogP contribution in [0.4, 0.5) is 17.5 Å². The number of nitrogens with zero attached hydrogens (tertiary/aromatic N) is 4. The second-order valence-corrected chi connectivity index (χ2v) is 4.70. The van der Waals surface area contributed by atoms with Crippen LogP contribution >= 0.6 is 15.9 Å². The molecule has 2 aromatic rings. The fourth-order valence-corrected chi connectivity index (χ4v) is 1.89. The van der Waals surface area contributed by atoms with Gasteiger partial charge < -0.3 is 10.6 Å². The topological polar surface area (TPSA) is 67.7 Å². The Bertz CT molecular complexity index is 550. The van der Waals surface area contributed by atoms with Gasteiger partial charge in [0.1, 0.15) is 5.82 Å². The number of hydrogen-bond donors (Lipinski definition) is 2. The zero-order chi connectivity index (χ0) is 13.1. The Hall–Kier alpha value is -1.63. The molecule has 0 aliphatic carbocycles. The predicted octanol–water partition coefficient (Wildman–Crippen LogP) is 2.46. The Balaban J connectivity index is 2.24. The molecule has 0 saturated heterocycles. The molecule has 0 amide bonds. The van der Waals surface area contributed by atoms with Crippen molar-refractivity contribution in [2.45, 2.75) is 13.8 Å². The summed E-state index contributed by atoms with van der Waals surface area (Å²) in [5, 5.41) is 10.6. The lowest BCUT2D eigenvalue weighted by atomic mass is 10.4. The minimum absolute atomic E-state index is 0.547. The number of anilines is 3. The van der Waals surface area contributed by atoms with E-state index in [9.17, 15) is 0 Å². The zero-order valence-corrected chi connectivity index (χ0v) is 12.1. The van der Waals surface area contributed by atoms with Crippen LogP contribution in [0.3, 0.4) is 0 Å². The van der Waals surface area contributed by atoms with E-state index in [0.29, 0.717) is 5.95 Å². The number of aromatic nitrogens is 4. The van der Waals surface area contributed by atoms with Crippen molar-refractivity contribution in [3.8, 4) is 0 Å². The smallest absolute Gasteiger partial charge is 0.229 e. The average Bonchev–Trinajstić information content (AvgIpc) is 2.62. The van der Waals surface area contributed by atoms with Crippen LogP contribution in [-0.2, 0) is 7.05 Å². The lowest BCUT2D eigenvalue weighted by Crippen LogP contribution is -2.04. The molecule has 6 nitrogen and oxygen atoms in total. The summed E-state index contributed by atoms with van der Waals surface area (Å²) in [7, 11) is 1.88. The van der Waals surface area contributed by atoms with Gasteiger partial charge in [0.05, 0.1) is 15.9 Å². The summed E-state index contributed by atoms with van der Waals surface area (Å²) in [5.41, 5.74) is 1.82. The van der Waals surface area contributed by atoms with Crippen molar-refractivity contribution in [2.24, 2.45) is 7.05 Å². The second-order valence-electron chi connectivity index (χ2n) is 3.85. The molecule has 2 heterocycles. The summed E-state index contributed by atoms with van der Waals surface area (Å²) in [6.45, 7) is 4.76. The molecular weight excluding hydrogens is 296 g/mol. The minimum atomic E-state index is 0.547. The van der Waals surface area contributed by atoms with Crippen LogP contribution in [0.15, 0.2) is 16.9 Å². The molecular formula is C11H15BrN6. The van der Waals surface area contributed by atoms with Crippen LogP contribution < -0.4 is 10.6 Å². The Kier molecular flexibility index (Phi) is 3.81. The molecule has 0 fully saturated rings. The van der Waals surface area contributed by atoms with E-state index in [1.165, 1.54) is 0 Å². The highest BCUT2D eigenvalue weighted by atomic mass is 79.9. The van der Waals surface area contributed by atoms with Crippen LogP contribution in [0.1, 0.15) is 12.6 Å². The fourth-order valence-electron chi connectivity index (χ4n) is 1.56. The molecule has 0 bridgehead atoms. The van der Waals surface area contributed by atoms with E-state index >= 15 is 0 Å². The molecule has 0 aliphatic rings. The van der Waals surface area contributed by atoms with E-state index in [1.807, 2.05) is 27.1 Å². The lowest BCUT2D eigenvalue weighted by molar-refractivity contribution is 0.756. The van der Waals surface area contributed by atoms with Gasteiger partial charge in [-0.1, -0.05) is 0 Å². The number of hydrogen-bond acceptors (Lipinski definition) is 5. The third-order valence-electron chi connectivity index (χ3n) is 2.35. The van der Waals surface area contributed by atoms with Crippen LogP contribution in [0, 0.1) is 6.92 Å². The quantitative estimate of drug-likeness (QED) is 0.908. The maximum Gasteiger partial charge on any atom is 0.229 e. The van der Waals surface area contributed by atoms with Gasteiger partial charge in [-0.25, -0.2) is 4.98 Å². The van der Waals surface area contributed by atoms with Gasteiger partial charge in [-0.3, -0.25) is 4.68 Å². The van der Waals surface area contributed by atoms with Crippen molar-refractivity contribution in [1.29, 1.82) is 0 Å². The van der Waals surface area contributed by atoms with Crippen molar-refractivity contribution in [3.05, 3.63) is 22.6 Å². The molecule has 0 aromatic carbocycles. The van der Waals surface area contributed by atoms with Gasteiger partial charge in [0, 0.05) is 26.0 Å². The van der Waals surface area contributed by atoms with Crippen molar-refractivity contribution < 1.29 is 0 Å². The number of nitrogens with one attached hydrogen (secondary N) is 2. The van der Waals surface area contributed by atoms with Crippen LogP contribution in [-0.4, -0.2) is 26.3 Å². The van der Waals surface area contributed by atoms with Gasteiger partial charge in [0.15, 0.2) is 0 Å². The first kappa shape index (κ1) is 12.8. The SMILES string of the molecule is CCNc1nc(Nc2cn(C)nc2C)ncc1Br. The zero-order valence-electron chi connectivity index (χ0n) is 10.5. The van der Waals surface area contributed by atoms with E-state index in [1.54, 1.807) is 10.9 Å². The van der Waals surface area contributed by atoms with Gasteiger partial charge in [0.25, 0.3) is 0 Å². The highest BCUT2D eigenvalue weighted by Gasteiger charge is 2.07. The second kappa shape index (κ2) is 5.34. The number of halogens is 1. The van der Waals surface area contributed by atoms with E-state index in [2.05, 4.69) is 41.6 Å². The number of aryl methyl sites for hydroxylation is 2. The third-order valence-corrected chi connectivity index (χ3v) is 2.93. The Morgan fingerprint density at radius 2 is 2.22 bits per heavy atom. The largest absolute Gasteiger partial charge is 0.369 e. The van der Waals surface area contributed by atoms with Gasteiger partial charge in [-0.2, -0.15) is 10.1 Å². The molecule has 96 valence electrons. The van der Waals surface area contributed by atoms with Crippen molar-refractivity contribution in [1.82, 2.24) is 19.7 Å². The monoisotopic (exact) mass is 310 g/mol. The standard InChI is InChI=1S/C11H15BrN6/c1-4-13-10-8(12)5-14-11(16-10)15-9-6-18(3)17-7(9)2/h5-6H,4H2,1-3H3,(H2,13,14,15,16). The summed E-state index contributed by atoms with van der Waals surface area (Å²) < 4.78 is 2.60. The highest BCUT2D eigenvalue weighted by Crippen LogP contribution is 2.22. The third kappa shape index (κ3) is 2.79. The first-order chi connectivity index (χ1) is 8.60. The maximum atomic E-state index is 4.39. The van der Waals surface area contributed by atoms with Gasteiger partial charge in [-0.15, -0.1) is 0 Å². The maximum absolute atomic E-state index is 4.39. The first-order valence-corrected chi connectivity index (χ1v) is 6.43. The van der Waals surface area contributed by atoms with Crippen LogP contribution in [0.5, 0.6) is 0 Å². The van der Waals surface area contributed by atoms with E-state index in [0.717, 1.165) is 28.2 Å². The highest BCUT2D eigenvalue weighted by molar-refractivity contribution is 9.10. The van der Waals surface area contributed by atoms with Crippen molar-refractivity contribution in [3.63, 3.8) is 0 Å². The van der Waals surface area contributed by atoms with Gasteiger partial charge in [0.2, 0.25) is 5.95 Å². The summed E-state index contributed by atoms with van der Waals surface area (Å²) in [6.07, 6.45) is 3.62. The van der Waals surface area contributed by atoms with Crippen LogP contribution in [0.2, 0.25) is 0 Å². The first-order valence-electron chi connectivity index (χ1n) is 5.64. The summed E-state index contributed by atoms with van der Waals surface area (Å²) in [6, 6.07) is 0. The molecule has 2 aromatic heterocycles. The van der Waals surface area contributed by atoms with E-state index < -0.39 is 0 Å².